The van der Waals surface area contributed by atoms with E-state index in [1.165, 1.54) is 22.2 Å². The first-order chi connectivity index (χ1) is 16.6. The minimum atomic E-state index is -4.89. The van der Waals surface area contributed by atoms with Crippen LogP contribution in [0.15, 0.2) is 42.5 Å². The van der Waals surface area contributed by atoms with Gasteiger partial charge in [-0.2, -0.15) is 13.2 Å². The molecule has 0 bridgehead atoms. The largest absolute Gasteiger partial charge is 0.450 e. The van der Waals surface area contributed by atoms with Gasteiger partial charge in [-0.15, -0.1) is 0 Å². The first kappa shape index (κ1) is 24.2. The molecule has 2 aromatic carbocycles. The van der Waals surface area contributed by atoms with E-state index in [0.29, 0.717) is 32.1 Å². The molecule has 0 amide bonds. The summed E-state index contributed by atoms with van der Waals surface area (Å²) in [6, 6.07) is 9.98. The van der Waals surface area contributed by atoms with Crippen molar-refractivity contribution in [1.29, 1.82) is 0 Å². The molecule has 188 valence electrons. The predicted octanol–water partition coefficient (Wildman–Crippen LogP) is 6.40. The summed E-state index contributed by atoms with van der Waals surface area (Å²) in [5, 5.41) is 11.6. The molecule has 3 aliphatic rings. The van der Waals surface area contributed by atoms with Crippen LogP contribution in [0.5, 0.6) is 11.5 Å². The maximum atomic E-state index is 14.1. The molecule has 0 spiro atoms. The number of hydrogen-bond donors (Lipinski definition) is 0. The molecule has 2 saturated heterocycles. The van der Waals surface area contributed by atoms with Gasteiger partial charge in [0, 0.05) is 32.2 Å². The highest BCUT2D eigenvalue weighted by Gasteiger charge is 2.55. The van der Waals surface area contributed by atoms with Crippen molar-refractivity contribution in [2.45, 2.75) is 43.9 Å². The fourth-order valence-corrected chi connectivity index (χ4v) is 6.80. The molecule has 1 aliphatic carbocycles. The molecule has 8 nitrogen and oxygen atoms in total. The van der Waals surface area contributed by atoms with Crippen LogP contribution in [-0.4, -0.2) is 46.6 Å². The molecule has 2 heterocycles. The third kappa shape index (κ3) is 5.23. The highest BCUT2D eigenvalue weighted by molar-refractivity contribution is 7.54. The van der Waals surface area contributed by atoms with E-state index in [4.69, 9.17) is 9.26 Å². The second-order valence-electron chi connectivity index (χ2n) is 9.06. The van der Waals surface area contributed by atoms with Crippen LogP contribution in [0.3, 0.4) is 0 Å². The Labute approximate surface area is 200 Å². The summed E-state index contributed by atoms with van der Waals surface area (Å²) in [6.07, 6.45) is -2.86. The first-order valence-electron chi connectivity index (χ1n) is 11.6. The van der Waals surface area contributed by atoms with E-state index >= 15 is 0 Å². The van der Waals surface area contributed by atoms with E-state index in [9.17, 15) is 27.9 Å². The molecule has 3 fully saturated rings. The van der Waals surface area contributed by atoms with Crippen molar-refractivity contribution in [2.24, 2.45) is 0 Å². The van der Waals surface area contributed by atoms with E-state index < -0.39 is 36.1 Å². The van der Waals surface area contributed by atoms with Gasteiger partial charge in [-0.3, -0.25) is 19.2 Å². The summed E-state index contributed by atoms with van der Waals surface area (Å²) in [5.74, 6) is 0.397. The smallest absolute Gasteiger partial charge is 0.419 e. The zero-order valence-electron chi connectivity index (χ0n) is 18.8. The van der Waals surface area contributed by atoms with Crippen molar-refractivity contribution >= 4 is 13.4 Å². The number of nitro groups is 1. The van der Waals surface area contributed by atoms with Crippen LogP contribution >= 0.6 is 7.67 Å². The molecule has 1 unspecified atom stereocenters. The fourth-order valence-electron chi connectivity index (χ4n) is 4.47. The van der Waals surface area contributed by atoms with Crippen LogP contribution in [0.25, 0.3) is 0 Å². The Hall–Kier alpha value is -2.46. The van der Waals surface area contributed by atoms with Gasteiger partial charge in [0.1, 0.15) is 5.75 Å². The Morgan fingerprint density at radius 1 is 1.00 bits per heavy atom. The minimum Gasteiger partial charge on any atom is -0.450 e. The summed E-state index contributed by atoms with van der Waals surface area (Å²) in [6.45, 7) is 1.57. The SMILES string of the molecule is O=[N+]([O-])c1ccc(C(OP(=O)(N2CC2)N2CC2)C(F)(F)F)cc1Oc1ccc(C2CCCC2)cc1. The normalized spacial score (nSPS) is 20.1. The van der Waals surface area contributed by atoms with Gasteiger partial charge in [-0.1, -0.05) is 25.0 Å². The number of nitro benzene ring substituents is 1. The van der Waals surface area contributed by atoms with Crippen LogP contribution in [-0.2, 0) is 9.09 Å². The summed E-state index contributed by atoms with van der Waals surface area (Å²) in [5.41, 5.74) is 0.253. The van der Waals surface area contributed by atoms with Crippen molar-refractivity contribution in [1.82, 2.24) is 9.34 Å². The quantitative estimate of drug-likeness (QED) is 0.167. The first-order valence-corrected chi connectivity index (χ1v) is 13.1. The van der Waals surface area contributed by atoms with Crippen LogP contribution in [0.1, 0.15) is 48.8 Å². The van der Waals surface area contributed by atoms with Gasteiger partial charge in [-0.25, -0.2) is 9.34 Å². The number of rotatable bonds is 9. The summed E-state index contributed by atoms with van der Waals surface area (Å²) < 4.78 is 69.1. The lowest BCUT2D eigenvalue weighted by molar-refractivity contribution is -0.385. The van der Waals surface area contributed by atoms with E-state index in [0.717, 1.165) is 36.6 Å². The highest BCUT2D eigenvalue weighted by Crippen LogP contribution is 2.64. The Kier molecular flexibility index (Phi) is 6.37. The van der Waals surface area contributed by atoms with E-state index in [-0.39, 0.29) is 11.5 Å². The number of ether oxygens (including phenoxy) is 1. The number of alkyl halides is 3. The number of benzene rings is 2. The molecule has 35 heavy (non-hydrogen) atoms. The second kappa shape index (κ2) is 9.20. The molecule has 0 radical (unpaired) electrons. The highest BCUT2D eigenvalue weighted by atomic mass is 31.2. The van der Waals surface area contributed by atoms with E-state index in [1.54, 1.807) is 12.1 Å². The predicted molar refractivity (Wildman–Crippen MR) is 121 cm³/mol. The van der Waals surface area contributed by atoms with Gasteiger partial charge >= 0.3 is 19.5 Å². The molecule has 0 N–H and O–H groups in total. The van der Waals surface area contributed by atoms with Crippen LogP contribution in [0, 0.1) is 10.1 Å². The summed E-state index contributed by atoms with van der Waals surface area (Å²) in [4.78, 5) is 10.8. The third-order valence-electron chi connectivity index (χ3n) is 6.52. The molecule has 1 saturated carbocycles. The standard InChI is InChI=1S/C23H25F3N3O5P/c24-23(25,26)22(34-35(32,27-11-12-27)28-13-14-28)18-7-10-20(29(30)31)21(15-18)33-19-8-5-17(6-9-19)16-3-1-2-4-16/h5-10,15-16,22H,1-4,11-14H2. The molecule has 2 aliphatic heterocycles. The monoisotopic (exact) mass is 511 g/mol. The van der Waals surface area contributed by atoms with Gasteiger partial charge in [0.05, 0.1) is 4.92 Å². The van der Waals surface area contributed by atoms with Gasteiger partial charge in [0.25, 0.3) is 0 Å². The van der Waals surface area contributed by atoms with Crippen LogP contribution in [0.4, 0.5) is 18.9 Å². The lowest BCUT2D eigenvalue weighted by Crippen LogP contribution is -2.25. The van der Waals surface area contributed by atoms with E-state index in [2.05, 4.69) is 0 Å². The van der Waals surface area contributed by atoms with E-state index in [1.807, 2.05) is 12.1 Å². The van der Waals surface area contributed by atoms with Crippen molar-refractivity contribution in [3.05, 3.63) is 63.7 Å². The van der Waals surface area contributed by atoms with Gasteiger partial charge in [0.15, 0.2) is 6.10 Å². The molecule has 1 atom stereocenters. The molecule has 2 aromatic rings. The fraction of sp³-hybridized carbons (Fsp3) is 0.478. The zero-order chi connectivity index (χ0) is 24.8. The third-order valence-corrected chi connectivity index (χ3v) is 9.24. The Morgan fingerprint density at radius 3 is 2.11 bits per heavy atom. The Bertz CT molecular complexity index is 1130. The lowest BCUT2D eigenvalue weighted by atomic mass is 9.98. The Morgan fingerprint density at radius 2 is 1.60 bits per heavy atom. The molecule has 12 heteroatoms. The van der Waals surface area contributed by atoms with Gasteiger partial charge in [-0.05, 0) is 54.2 Å². The minimum absolute atomic E-state index is 0.273. The van der Waals surface area contributed by atoms with Crippen molar-refractivity contribution in [2.75, 3.05) is 26.2 Å². The summed E-state index contributed by atoms with van der Waals surface area (Å²) >= 11 is 0. The summed E-state index contributed by atoms with van der Waals surface area (Å²) in [7, 11) is -3.82. The van der Waals surface area contributed by atoms with Gasteiger partial charge < -0.3 is 4.74 Å². The van der Waals surface area contributed by atoms with Crippen molar-refractivity contribution < 1.29 is 31.9 Å². The topological polar surface area (TPSA) is 84.7 Å². The number of hydrogen-bond acceptors (Lipinski definition) is 5. The molecule has 0 aromatic heterocycles. The molecule has 5 rings (SSSR count). The van der Waals surface area contributed by atoms with Crippen LogP contribution in [0.2, 0.25) is 0 Å². The second-order valence-corrected chi connectivity index (χ2v) is 11.4. The average Bonchev–Trinajstić information content (AvgIpc) is 3.75. The maximum Gasteiger partial charge on any atom is 0.419 e. The molecular weight excluding hydrogens is 486 g/mol. The number of halogens is 3. The zero-order valence-corrected chi connectivity index (χ0v) is 19.7. The number of nitrogens with zero attached hydrogens (tertiary/aromatic N) is 3. The van der Waals surface area contributed by atoms with Crippen LogP contribution < -0.4 is 4.74 Å². The lowest BCUT2D eigenvalue weighted by Gasteiger charge is -2.28. The van der Waals surface area contributed by atoms with Crippen molar-refractivity contribution in [3.63, 3.8) is 0 Å². The molecular formula is C23H25F3N3O5P. The van der Waals surface area contributed by atoms with Crippen molar-refractivity contribution in [3.8, 4) is 11.5 Å². The average molecular weight is 511 g/mol. The maximum absolute atomic E-state index is 14.1. The van der Waals surface area contributed by atoms with Gasteiger partial charge in [0.2, 0.25) is 5.75 Å². The Balaban J connectivity index is 1.44.